The number of alkyl halides is 3. The molecule has 1 amide bonds. The van der Waals surface area contributed by atoms with Gasteiger partial charge in [-0.3, -0.25) is 4.79 Å². The molecule has 0 fully saturated rings. The lowest BCUT2D eigenvalue weighted by Gasteiger charge is -2.20. The van der Waals surface area contributed by atoms with Gasteiger partial charge >= 0.3 is 6.18 Å². The Balaban J connectivity index is 3.08. The van der Waals surface area contributed by atoms with Gasteiger partial charge in [0.05, 0.1) is 16.8 Å². The quantitative estimate of drug-likeness (QED) is 0.508. The molecule has 122 valence electrons. The molecule has 0 atom stereocenters. The first-order chi connectivity index (χ1) is 9.96. The van der Waals surface area contributed by atoms with E-state index in [1.165, 1.54) is 0 Å². The summed E-state index contributed by atoms with van der Waals surface area (Å²) in [6.45, 7) is 5.12. The molecule has 0 heterocycles. The number of carbonyl (C=O) groups is 1. The number of benzene rings is 1. The second-order valence-electron chi connectivity index (χ2n) is 5.66. The predicted octanol–water partition coefficient (Wildman–Crippen LogP) is 3.06. The van der Waals surface area contributed by atoms with Crippen molar-refractivity contribution >= 4 is 11.6 Å². The van der Waals surface area contributed by atoms with Crippen molar-refractivity contribution in [3.63, 3.8) is 0 Å². The van der Waals surface area contributed by atoms with Crippen LogP contribution in [0, 0.1) is 5.41 Å². The summed E-state index contributed by atoms with van der Waals surface area (Å²) in [5, 5.41) is 12.0. The molecule has 1 rings (SSSR count). The maximum atomic E-state index is 12.6. The van der Waals surface area contributed by atoms with Gasteiger partial charge in [0.1, 0.15) is 12.4 Å². The van der Waals surface area contributed by atoms with Crippen LogP contribution in [0.2, 0.25) is 0 Å². The number of nitrogens with two attached hydrogens (primary N) is 1. The molecule has 0 radical (unpaired) electrons. The zero-order valence-corrected chi connectivity index (χ0v) is 12.4. The summed E-state index contributed by atoms with van der Waals surface area (Å²) in [4.78, 5) is 11.3. The van der Waals surface area contributed by atoms with Gasteiger partial charge in [0.2, 0.25) is 0 Å². The van der Waals surface area contributed by atoms with E-state index in [0.29, 0.717) is 6.07 Å². The van der Waals surface area contributed by atoms with Gasteiger partial charge in [0.25, 0.3) is 5.91 Å². The zero-order valence-electron chi connectivity index (χ0n) is 12.4. The van der Waals surface area contributed by atoms with Gasteiger partial charge in [0, 0.05) is 5.41 Å². The van der Waals surface area contributed by atoms with E-state index in [-0.39, 0.29) is 23.6 Å². The molecule has 0 aliphatic heterocycles. The number of oxime groups is 1. The van der Waals surface area contributed by atoms with Gasteiger partial charge in [0.15, 0.2) is 0 Å². The zero-order chi connectivity index (χ0) is 17.1. The first kappa shape index (κ1) is 17.8. The molecule has 0 unspecified atom stereocenters. The summed E-state index contributed by atoms with van der Waals surface area (Å²) in [6.07, 6.45) is -4.59. The monoisotopic (exact) mass is 318 g/mol. The van der Waals surface area contributed by atoms with Crippen molar-refractivity contribution in [3.05, 3.63) is 29.3 Å². The Hall–Kier alpha value is -2.25. The number of ether oxygens (including phenoxy) is 1. The van der Waals surface area contributed by atoms with Gasteiger partial charge < -0.3 is 15.7 Å². The largest absolute Gasteiger partial charge is 0.487 e. The number of carbonyl (C=O) groups excluding carboxylic acids is 1. The SMILES string of the molecule is CC(C)(C)C(COc1ccc(C(F)(F)F)cc1C(N)=O)=NO. The summed E-state index contributed by atoms with van der Waals surface area (Å²) >= 11 is 0. The van der Waals surface area contributed by atoms with Crippen LogP contribution in [0.1, 0.15) is 36.7 Å². The minimum atomic E-state index is -4.59. The number of halogens is 3. The van der Waals surface area contributed by atoms with E-state index in [2.05, 4.69) is 5.16 Å². The standard InChI is InChI=1S/C14H17F3N2O3/c1-13(2,3)11(19-21)7-22-10-5-4-8(14(15,16)17)6-9(10)12(18)20/h4-6,21H,7H2,1-3H3,(H2,18,20). The number of rotatable bonds is 4. The van der Waals surface area contributed by atoms with Crippen LogP contribution >= 0.6 is 0 Å². The first-order valence-electron chi connectivity index (χ1n) is 6.32. The highest BCUT2D eigenvalue weighted by Gasteiger charge is 2.32. The van der Waals surface area contributed by atoms with Crippen LogP contribution in [0.4, 0.5) is 13.2 Å². The van der Waals surface area contributed by atoms with Crippen molar-refractivity contribution in [2.75, 3.05) is 6.61 Å². The number of hydrogen-bond acceptors (Lipinski definition) is 4. The van der Waals surface area contributed by atoms with Crippen LogP contribution in [0.25, 0.3) is 0 Å². The molecule has 0 saturated heterocycles. The van der Waals surface area contributed by atoms with Gasteiger partial charge in [-0.05, 0) is 18.2 Å². The summed E-state index contributed by atoms with van der Waals surface area (Å²) in [5.74, 6) is -1.15. The average Bonchev–Trinajstić information content (AvgIpc) is 2.36. The molecule has 0 spiro atoms. The Bertz CT molecular complexity index is 590. The van der Waals surface area contributed by atoms with E-state index in [0.717, 1.165) is 12.1 Å². The molecule has 22 heavy (non-hydrogen) atoms. The summed E-state index contributed by atoms with van der Waals surface area (Å²) < 4.78 is 43.2. The lowest BCUT2D eigenvalue weighted by molar-refractivity contribution is -0.137. The van der Waals surface area contributed by atoms with Gasteiger partial charge in [-0.1, -0.05) is 25.9 Å². The van der Waals surface area contributed by atoms with Crippen LogP contribution in [0.3, 0.4) is 0 Å². The van der Waals surface area contributed by atoms with E-state index in [1.807, 2.05) is 0 Å². The highest BCUT2D eigenvalue weighted by Crippen LogP contribution is 2.32. The Morgan fingerprint density at radius 2 is 1.91 bits per heavy atom. The fourth-order valence-electron chi connectivity index (χ4n) is 1.57. The normalized spacial score (nSPS) is 13.1. The lowest BCUT2D eigenvalue weighted by atomic mass is 9.90. The minimum absolute atomic E-state index is 0.106. The summed E-state index contributed by atoms with van der Waals surface area (Å²) in [5.41, 5.74) is 3.46. The topological polar surface area (TPSA) is 84.9 Å². The van der Waals surface area contributed by atoms with E-state index >= 15 is 0 Å². The van der Waals surface area contributed by atoms with Crippen LogP contribution in [0.5, 0.6) is 5.75 Å². The lowest BCUT2D eigenvalue weighted by Crippen LogP contribution is -2.27. The van der Waals surface area contributed by atoms with E-state index in [4.69, 9.17) is 15.7 Å². The first-order valence-corrected chi connectivity index (χ1v) is 6.32. The van der Waals surface area contributed by atoms with Crippen molar-refractivity contribution in [1.29, 1.82) is 0 Å². The van der Waals surface area contributed by atoms with Crippen LogP contribution in [-0.2, 0) is 6.18 Å². The van der Waals surface area contributed by atoms with Crippen molar-refractivity contribution in [3.8, 4) is 5.75 Å². The van der Waals surface area contributed by atoms with Crippen LogP contribution in [-0.4, -0.2) is 23.4 Å². The molecule has 1 aromatic rings. The molecule has 1 aromatic carbocycles. The van der Waals surface area contributed by atoms with E-state index in [9.17, 15) is 18.0 Å². The van der Waals surface area contributed by atoms with Crippen molar-refractivity contribution < 1.29 is 27.9 Å². The van der Waals surface area contributed by atoms with Crippen molar-refractivity contribution in [2.24, 2.45) is 16.3 Å². The molecule has 5 nitrogen and oxygen atoms in total. The molecular weight excluding hydrogens is 301 g/mol. The van der Waals surface area contributed by atoms with Crippen molar-refractivity contribution in [2.45, 2.75) is 26.9 Å². The molecule has 0 aromatic heterocycles. The minimum Gasteiger partial charge on any atom is -0.487 e. The molecule has 0 saturated carbocycles. The third kappa shape index (κ3) is 4.37. The summed E-state index contributed by atoms with van der Waals surface area (Å²) in [6, 6.07) is 2.43. The third-order valence-electron chi connectivity index (χ3n) is 2.92. The number of hydrogen-bond donors (Lipinski definition) is 2. The molecule has 8 heteroatoms. The molecule has 0 aliphatic rings. The number of amides is 1. The van der Waals surface area contributed by atoms with Gasteiger partial charge in [-0.2, -0.15) is 13.2 Å². The number of nitrogens with zero attached hydrogens (tertiary/aromatic N) is 1. The van der Waals surface area contributed by atoms with Gasteiger partial charge in [-0.25, -0.2) is 0 Å². The van der Waals surface area contributed by atoms with E-state index in [1.54, 1.807) is 20.8 Å². The maximum absolute atomic E-state index is 12.6. The fourth-order valence-corrected chi connectivity index (χ4v) is 1.57. The molecule has 0 aliphatic carbocycles. The highest BCUT2D eigenvalue weighted by molar-refractivity contribution is 5.96. The maximum Gasteiger partial charge on any atom is 0.416 e. The average molecular weight is 318 g/mol. The van der Waals surface area contributed by atoms with Crippen molar-refractivity contribution in [1.82, 2.24) is 0 Å². The van der Waals surface area contributed by atoms with Gasteiger partial charge in [-0.15, -0.1) is 0 Å². The third-order valence-corrected chi connectivity index (χ3v) is 2.92. The van der Waals surface area contributed by atoms with E-state index < -0.39 is 23.1 Å². The Morgan fingerprint density at radius 3 is 2.32 bits per heavy atom. The molecular formula is C14H17F3N2O3. The summed E-state index contributed by atoms with van der Waals surface area (Å²) in [7, 11) is 0. The smallest absolute Gasteiger partial charge is 0.416 e. The Morgan fingerprint density at radius 1 is 1.32 bits per heavy atom. The Labute approximate surface area is 125 Å². The second kappa shape index (κ2) is 6.25. The second-order valence-corrected chi connectivity index (χ2v) is 5.66. The predicted molar refractivity (Wildman–Crippen MR) is 74.1 cm³/mol. The number of primary amides is 1. The molecule has 3 N–H and O–H groups in total. The highest BCUT2D eigenvalue weighted by atomic mass is 19.4. The fraction of sp³-hybridized carbons (Fsp3) is 0.429. The molecule has 0 bridgehead atoms. The van der Waals surface area contributed by atoms with Crippen LogP contribution < -0.4 is 10.5 Å². The van der Waals surface area contributed by atoms with Crippen LogP contribution in [0.15, 0.2) is 23.4 Å². The Kier molecular flexibility index (Phi) is 5.05.